The molecule has 0 unspecified atom stereocenters. The van der Waals surface area contributed by atoms with Gasteiger partial charge in [-0.3, -0.25) is 14.5 Å². The number of piperazine rings is 1. The van der Waals surface area contributed by atoms with E-state index in [1.165, 1.54) is 0 Å². The van der Waals surface area contributed by atoms with Crippen LogP contribution >= 0.6 is 0 Å². The van der Waals surface area contributed by atoms with Gasteiger partial charge < -0.3 is 10.6 Å². The maximum absolute atomic E-state index is 12.7. The first-order chi connectivity index (χ1) is 11.8. The number of hydrogen-bond donors (Lipinski definition) is 2. The Bertz CT molecular complexity index is 576. The highest BCUT2D eigenvalue weighted by Crippen LogP contribution is 2.29. The summed E-state index contributed by atoms with van der Waals surface area (Å²) in [5.74, 6) is 0.104. The number of Topliss-reactive ketones (excluding diaryl/α,β-unsaturated/α-hetero) is 1. The smallest absolute Gasteiger partial charge is 0.252 e. The van der Waals surface area contributed by atoms with Crippen molar-refractivity contribution < 1.29 is 9.59 Å². The molecule has 2 fully saturated rings. The second-order valence-corrected chi connectivity index (χ2v) is 6.74. The minimum Gasteiger partial charge on any atom is -0.351 e. The van der Waals surface area contributed by atoms with Gasteiger partial charge in [0.2, 0.25) is 0 Å². The summed E-state index contributed by atoms with van der Waals surface area (Å²) in [6.45, 7) is 5.52. The van der Waals surface area contributed by atoms with Crippen LogP contribution < -0.4 is 10.6 Å². The van der Waals surface area contributed by atoms with Crippen LogP contribution in [0.3, 0.4) is 0 Å². The molecule has 1 saturated carbocycles. The molecule has 0 radical (unpaired) electrons. The number of nitrogens with zero attached hydrogens (tertiary/aromatic N) is 1. The zero-order chi connectivity index (χ0) is 16.8. The summed E-state index contributed by atoms with van der Waals surface area (Å²) >= 11 is 0. The molecule has 1 heterocycles. The maximum atomic E-state index is 12.7. The summed E-state index contributed by atoms with van der Waals surface area (Å²) in [7, 11) is 0. The van der Waals surface area contributed by atoms with Crippen LogP contribution in [0.2, 0.25) is 0 Å². The van der Waals surface area contributed by atoms with Crippen molar-refractivity contribution in [2.24, 2.45) is 5.92 Å². The summed E-state index contributed by atoms with van der Waals surface area (Å²) in [6.07, 6.45) is 4.15. The highest BCUT2D eigenvalue weighted by Gasteiger charge is 2.26. The lowest BCUT2D eigenvalue weighted by Gasteiger charge is -2.27. The van der Waals surface area contributed by atoms with Crippen LogP contribution in [-0.2, 0) is 0 Å². The molecule has 0 aromatic heterocycles. The Morgan fingerprint density at radius 3 is 2.46 bits per heavy atom. The van der Waals surface area contributed by atoms with E-state index in [9.17, 15) is 9.59 Å². The Kier molecular flexibility index (Phi) is 5.99. The summed E-state index contributed by atoms with van der Waals surface area (Å²) in [5, 5.41) is 6.30. The van der Waals surface area contributed by atoms with E-state index in [1.807, 2.05) is 12.1 Å². The SMILES string of the molecule is O=C(NCCN1CCNCC1)c1ccccc1C(=O)C1CCCC1. The fraction of sp³-hybridized carbons (Fsp3) is 0.579. The summed E-state index contributed by atoms with van der Waals surface area (Å²) in [4.78, 5) is 27.6. The Morgan fingerprint density at radius 2 is 1.75 bits per heavy atom. The molecular formula is C19H27N3O2. The van der Waals surface area contributed by atoms with Gasteiger partial charge in [0, 0.05) is 50.7 Å². The van der Waals surface area contributed by atoms with Crippen molar-refractivity contribution in [1.29, 1.82) is 0 Å². The van der Waals surface area contributed by atoms with E-state index in [0.717, 1.165) is 58.4 Å². The quantitative estimate of drug-likeness (QED) is 0.780. The minimum atomic E-state index is -0.132. The molecule has 2 aliphatic rings. The molecule has 1 aliphatic carbocycles. The van der Waals surface area contributed by atoms with Crippen molar-refractivity contribution in [1.82, 2.24) is 15.5 Å². The molecular weight excluding hydrogens is 302 g/mol. The first-order valence-electron chi connectivity index (χ1n) is 9.10. The predicted octanol–water partition coefficient (Wildman–Crippen LogP) is 1.69. The Morgan fingerprint density at radius 1 is 1.08 bits per heavy atom. The second kappa shape index (κ2) is 8.40. The molecule has 2 N–H and O–H groups in total. The average Bonchev–Trinajstić information content (AvgIpc) is 3.16. The molecule has 1 aromatic rings. The van der Waals surface area contributed by atoms with Crippen molar-refractivity contribution in [3.63, 3.8) is 0 Å². The van der Waals surface area contributed by atoms with Crippen LogP contribution in [0.4, 0.5) is 0 Å². The molecule has 5 nitrogen and oxygen atoms in total. The molecule has 130 valence electrons. The van der Waals surface area contributed by atoms with Gasteiger partial charge in [0.15, 0.2) is 5.78 Å². The van der Waals surface area contributed by atoms with Gasteiger partial charge in [-0.25, -0.2) is 0 Å². The Balaban J connectivity index is 1.58. The van der Waals surface area contributed by atoms with Gasteiger partial charge in [-0.1, -0.05) is 31.0 Å². The number of carbonyl (C=O) groups is 2. The lowest BCUT2D eigenvalue weighted by atomic mass is 9.92. The summed E-state index contributed by atoms with van der Waals surface area (Å²) in [5.41, 5.74) is 1.11. The van der Waals surface area contributed by atoms with E-state index in [0.29, 0.717) is 17.7 Å². The van der Waals surface area contributed by atoms with Gasteiger partial charge in [-0.05, 0) is 18.9 Å². The lowest BCUT2D eigenvalue weighted by molar-refractivity contribution is 0.0898. The van der Waals surface area contributed by atoms with E-state index in [4.69, 9.17) is 0 Å². The molecule has 1 aliphatic heterocycles. The first-order valence-corrected chi connectivity index (χ1v) is 9.10. The van der Waals surface area contributed by atoms with Crippen LogP contribution in [0.25, 0.3) is 0 Å². The monoisotopic (exact) mass is 329 g/mol. The Hall–Kier alpha value is -1.72. The van der Waals surface area contributed by atoms with E-state index in [2.05, 4.69) is 15.5 Å². The van der Waals surface area contributed by atoms with Crippen LogP contribution in [0.5, 0.6) is 0 Å². The van der Waals surface area contributed by atoms with Crippen LogP contribution in [0.1, 0.15) is 46.4 Å². The van der Waals surface area contributed by atoms with Gasteiger partial charge in [-0.15, -0.1) is 0 Å². The highest BCUT2D eigenvalue weighted by molar-refractivity contribution is 6.08. The van der Waals surface area contributed by atoms with Crippen LogP contribution in [0, 0.1) is 5.92 Å². The number of rotatable bonds is 6. The standard InChI is InChI=1S/C19H27N3O2/c23-18(15-5-1-2-6-15)16-7-3-4-8-17(16)19(24)21-11-14-22-12-9-20-10-13-22/h3-4,7-8,15,20H,1-2,5-6,9-14H2,(H,21,24). The van der Waals surface area contributed by atoms with Crippen LogP contribution in [0.15, 0.2) is 24.3 Å². The predicted molar refractivity (Wildman–Crippen MR) is 94.4 cm³/mol. The molecule has 1 amide bonds. The third-order valence-electron chi connectivity index (χ3n) is 5.09. The summed E-state index contributed by atoms with van der Waals surface area (Å²) in [6, 6.07) is 7.24. The molecule has 1 aromatic carbocycles. The third-order valence-corrected chi connectivity index (χ3v) is 5.09. The highest BCUT2D eigenvalue weighted by atomic mass is 16.2. The van der Waals surface area contributed by atoms with E-state index in [1.54, 1.807) is 12.1 Å². The van der Waals surface area contributed by atoms with Crippen molar-refractivity contribution in [2.45, 2.75) is 25.7 Å². The molecule has 3 rings (SSSR count). The number of amides is 1. The molecule has 0 spiro atoms. The fourth-order valence-electron chi connectivity index (χ4n) is 3.66. The van der Waals surface area contributed by atoms with Gasteiger partial charge in [0.05, 0.1) is 5.56 Å². The minimum absolute atomic E-state index is 0.0970. The van der Waals surface area contributed by atoms with E-state index < -0.39 is 0 Å². The van der Waals surface area contributed by atoms with Gasteiger partial charge in [0.1, 0.15) is 0 Å². The number of benzene rings is 1. The normalized spacial score (nSPS) is 19.3. The zero-order valence-corrected chi connectivity index (χ0v) is 14.2. The van der Waals surface area contributed by atoms with E-state index >= 15 is 0 Å². The number of carbonyl (C=O) groups excluding carboxylic acids is 2. The van der Waals surface area contributed by atoms with Crippen molar-refractivity contribution in [2.75, 3.05) is 39.3 Å². The van der Waals surface area contributed by atoms with E-state index in [-0.39, 0.29) is 17.6 Å². The second-order valence-electron chi connectivity index (χ2n) is 6.74. The van der Waals surface area contributed by atoms with Gasteiger partial charge >= 0.3 is 0 Å². The first kappa shape index (κ1) is 17.1. The third kappa shape index (κ3) is 4.22. The molecule has 24 heavy (non-hydrogen) atoms. The lowest BCUT2D eigenvalue weighted by Crippen LogP contribution is -2.46. The zero-order valence-electron chi connectivity index (χ0n) is 14.2. The van der Waals surface area contributed by atoms with Crippen LogP contribution in [-0.4, -0.2) is 55.9 Å². The fourth-order valence-corrected chi connectivity index (χ4v) is 3.66. The van der Waals surface area contributed by atoms with Gasteiger partial charge in [0.25, 0.3) is 5.91 Å². The molecule has 1 saturated heterocycles. The maximum Gasteiger partial charge on any atom is 0.252 e. The Labute approximate surface area is 143 Å². The number of nitrogens with one attached hydrogen (secondary N) is 2. The van der Waals surface area contributed by atoms with Crippen molar-refractivity contribution in [3.05, 3.63) is 35.4 Å². The number of hydrogen-bond acceptors (Lipinski definition) is 4. The van der Waals surface area contributed by atoms with Crippen molar-refractivity contribution >= 4 is 11.7 Å². The summed E-state index contributed by atoms with van der Waals surface area (Å²) < 4.78 is 0. The molecule has 0 bridgehead atoms. The largest absolute Gasteiger partial charge is 0.351 e. The molecule has 5 heteroatoms. The van der Waals surface area contributed by atoms with Gasteiger partial charge in [-0.2, -0.15) is 0 Å². The topological polar surface area (TPSA) is 61.4 Å². The number of ketones is 1. The average molecular weight is 329 g/mol. The molecule has 0 atom stereocenters. The van der Waals surface area contributed by atoms with Crippen molar-refractivity contribution in [3.8, 4) is 0 Å².